The zero-order chi connectivity index (χ0) is 18.7. The Morgan fingerprint density at radius 3 is 2.42 bits per heavy atom. The van der Waals surface area contributed by atoms with Crippen LogP contribution in [-0.4, -0.2) is 49.0 Å². The highest BCUT2D eigenvalue weighted by Gasteiger charge is 2.25. The third kappa shape index (κ3) is 3.46. The largest absolute Gasteiger partial charge is 0.496 e. The maximum Gasteiger partial charge on any atom is 0.269 e. The fourth-order valence-electron chi connectivity index (χ4n) is 3.25. The maximum absolute atomic E-state index is 12.8. The number of non-ortho nitro benzene ring substituents is 1. The quantitative estimate of drug-likeness (QED) is 0.623. The summed E-state index contributed by atoms with van der Waals surface area (Å²) >= 11 is 0. The lowest BCUT2D eigenvalue weighted by Gasteiger charge is -2.37. The van der Waals surface area contributed by atoms with Crippen molar-refractivity contribution in [3.63, 3.8) is 0 Å². The molecule has 0 radical (unpaired) electrons. The first-order valence-corrected chi connectivity index (χ1v) is 8.43. The smallest absolute Gasteiger partial charge is 0.269 e. The van der Waals surface area contributed by atoms with Gasteiger partial charge in [0.05, 0.1) is 17.6 Å². The molecular formula is C19H21N3O4. The first-order valence-electron chi connectivity index (χ1n) is 8.43. The van der Waals surface area contributed by atoms with Crippen LogP contribution in [0.2, 0.25) is 0 Å². The maximum atomic E-state index is 12.8. The lowest BCUT2D eigenvalue weighted by molar-refractivity contribution is -0.384. The van der Waals surface area contributed by atoms with Crippen molar-refractivity contribution in [1.29, 1.82) is 0 Å². The number of piperazine rings is 1. The predicted molar refractivity (Wildman–Crippen MR) is 98.9 cm³/mol. The van der Waals surface area contributed by atoms with Crippen molar-refractivity contribution in [3.8, 4) is 5.75 Å². The molecule has 1 saturated heterocycles. The van der Waals surface area contributed by atoms with Crippen LogP contribution in [0.25, 0.3) is 0 Å². The number of nitrogens with zero attached hydrogens (tertiary/aromatic N) is 3. The molecule has 1 aliphatic heterocycles. The van der Waals surface area contributed by atoms with Crippen LogP contribution < -0.4 is 9.64 Å². The molecule has 7 nitrogen and oxygen atoms in total. The van der Waals surface area contributed by atoms with Crippen LogP contribution in [0.1, 0.15) is 15.9 Å². The van der Waals surface area contributed by atoms with Crippen molar-refractivity contribution in [2.24, 2.45) is 0 Å². The van der Waals surface area contributed by atoms with Crippen molar-refractivity contribution < 1.29 is 14.5 Å². The van der Waals surface area contributed by atoms with Gasteiger partial charge in [0.15, 0.2) is 0 Å². The second kappa shape index (κ2) is 7.43. The molecule has 0 bridgehead atoms. The summed E-state index contributed by atoms with van der Waals surface area (Å²) in [5.74, 6) is 0.536. The molecule has 0 N–H and O–H groups in total. The van der Waals surface area contributed by atoms with E-state index in [1.165, 1.54) is 6.07 Å². The van der Waals surface area contributed by atoms with Crippen LogP contribution in [0.3, 0.4) is 0 Å². The molecule has 136 valence electrons. The number of benzene rings is 2. The normalized spacial score (nSPS) is 14.2. The number of nitro groups is 1. The summed E-state index contributed by atoms with van der Waals surface area (Å²) in [6.07, 6.45) is 0. The lowest BCUT2D eigenvalue weighted by Crippen LogP contribution is -2.49. The SMILES string of the molecule is COc1ccccc1C(=O)N1CCN(c2ccc([N+](=O)[O-])cc2C)CC1. The average Bonchev–Trinajstić information content (AvgIpc) is 2.67. The van der Waals surface area contributed by atoms with Gasteiger partial charge in [0, 0.05) is 44.0 Å². The van der Waals surface area contributed by atoms with Gasteiger partial charge >= 0.3 is 0 Å². The van der Waals surface area contributed by atoms with E-state index in [2.05, 4.69) is 4.90 Å². The number of amides is 1. The Labute approximate surface area is 151 Å². The predicted octanol–water partition coefficient (Wildman–Crippen LogP) is 2.87. The number of aryl methyl sites for hydroxylation is 1. The number of para-hydroxylation sites is 1. The summed E-state index contributed by atoms with van der Waals surface area (Å²) in [6, 6.07) is 12.1. The van der Waals surface area contributed by atoms with E-state index in [1.807, 2.05) is 24.0 Å². The van der Waals surface area contributed by atoms with Gasteiger partial charge in [-0.15, -0.1) is 0 Å². The van der Waals surface area contributed by atoms with E-state index in [1.54, 1.807) is 31.4 Å². The standard InChI is InChI=1S/C19H21N3O4/c1-14-13-15(22(24)25)7-8-17(14)20-9-11-21(12-10-20)19(23)16-5-3-4-6-18(16)26-2/h3-8,13H,9-12H2,1-2H3. The summed E-state index contributed by atoms with van der Waals surface area (Å²) in [7, 11) is 1.56. The van der Waals surface area contributed by atoms with Crippen LogP contribution in [0.5, 0.6) is 5.75 Å². The molecule has 0 spiro atoms. The third-order valence-corrected chi connectivity index (χ3v) is 4.64. The van der Waals surface area contributed by atoms with Gasteiger partial charge in [0.1, 0.15) is 5.75 Å². The molecule has 1 aliphatic rings. The second-order valence-corrected chi connectivity index (χ2v) is 6.21. The van der Waals surface area contributed by atoms with Gasteiger partial charge < -0.3 is 14.5 Å². The molecule has 2 aromatic carbocycles. The van der Waals surface area contributed by atoms with Gasteiger partial charge in [-0.3, -0.25) is 14.9 Å². The van der Waals surface area contributed by atoms with Crippen LogP contribution in [0.15, 0.2) is 42.5 Å². The zero-order valence-electron chi connectivity index (χ0n) is 14.8. The van der Waals surface area contributed by atoms with Crippen molar-refractivity contribution >= 4 is 17.3 Å². The van der Waals surface area contributed by atoms with Gasteiger partial charge in [0.25, 0.3) is 11.6 Å². The lowest BCUT2D eigenvalue weighted by atomic mass is 10.1. The molecule has 26 heavy (non-hydrogen) atoms. The van der Waals surface area contributed by atoms with E-state index in [0.717, 1.165) is 11.3 Å². The number of nitro benzene ring substituents is 1. The van der Waals surface area contributed by atoms with E-state index in [4.69, 9.17) is 4.74 Å². The number of anilines is 1. The summed E-state index contributed by atoms with van der Waals surface area (Å²) in [5.41, 5.74) is 2.50. The zero-order valence-corrected chi connectivity index (χ0v) is 14.8. The average molecular weight is 355 g/mol. The topological polar surface area (TPSA) is 75.9 Å². The number of rotatable bonds is 4. The summed E-state index contributed by atoms with van der Waals surface area (Å²) < 4.78 is 5.28. The van der Waals surface area contributed by atoms with E-state index >= 15 is 0 Å². The molecule has 0 aromatic heterocycles. The van der Waals surface area contributed by atoms with Gasteiger partial charge in [0.2, 0.25) is 0 Å². The Balaban J connectivity index is 1.69. The number of methoxy groups -OCH3 is 1. The highest BCUT2D eigenvalue weighted by Crippen LogP contribution is 2.26. The number of carbonyl (C=O) groups is 1. The Bertz CT molecular complexity index is 829. The van der Waals surface area contributed by atoms with E-state index in [9.17, 15) is 14.9 Å². The molecule has 3 rings (SSSR count). The fourth-order valence-corrected chi connectivity index (χ4v) is 3.25. The summed E-state index contributed by atoms with van der Waals surface area (Å²) in [4.78, 5) is 27.2. The van der Waals surface area contributed by atoms with Crippen molar-refractivity contribution in [2.45, 2.75) is 6.92 Å². The highest BCUT2D eigenvalue weighted by molar-refractivity contribution is 5.97. The van der Waals surface area contributed by atoms with Crippen molar-refractivity contribution in [1.82, 2.24) is 4.90 Å². The number of hydrogen-bond acceptors (Lipinski definition) is 5. The second-order valence-electron chi connectivity index (χ2n) is 6.21. The first-order chi connectivity index (χ1) is 12.5. The Hall–Kier alpha value is -3.09. The molecule has 0 atom stereocenters. The Morgan fingerprint density at radius 2 is 1.81 bits per heavy atom. The van der Waals surface area contributed by atoms with Gasteiger partial charge in [-0.1, -0.05) is 12.1 Å². The first kappa shape index (κ1) is 17.7. The monoisotopic (exact) mass is 355 g/mol. The van der Waals surface area contributed by atoms with Crippen molar-refractivity contribution in [2.75, 3.05) is 38.2 Å². The number of ether oxygens (including phenoxy) is 1. The molecule has 2 aromatic rings. The van der Waals surface area contributed by atoms with Crippen LogP contribution >= 0.6 is 0 Å². The van der Waals surface area contributed by atoms with Gasteiger partial charge in [-0.05, 0) is 30.7 Å². The molecule has 0 unspecified atom stereocenters. The summed E-state index contributed by atoms with van der Waals surface area (Å²) in [5, 5.41) is 10.9. The minimum absolute atomic E-state index is 0.0393. The minimum atomic E-state index is -0.388. The van der Waals surface area contributed by atoms with E-state index < -0.39 is 0 Å². The number of carbonyl (C=O) groups excluding carboxylic acids is 1. The third-order valence-electron chi connectivity index (χ3n) is 4.64. The summed E-state index contributed by atoms with van der Waals surface area (Å²) in [6.45, 7) is 4.41. The van der Waals surface area contributed by atoms with Gasteiger partial charge in [-0.2, -0.15) is 0 Å². The van der Waals surface area contributed by atoms with Crippen molar-refractivity contribution in [3.05, 3.63) is 63.7 Å². The Kier molecular flexibility index (Phi) is 5.06. The molecule has 1 fully saturated rings. The van der Waals surface area contributed by atoms with Crippen LogP contribution in [-0.2, 0) is 0 Å². The van der Waals surface area contributed by atoms with Gasteiger partial charge in [-0.25, -0.2) is 0 Å². The molecule has 7 heteroatoms. The number of hydrogen-bond donors (Lipinski definition) is 0. The van der Waals surface area contributed by atoms with E-state index in [-0.39, 0.29) is 16.5 Å². The Morgan fingerprint density at radius 1 is 1.12 bits per heavy atom. The van der Waals surface area contributed by atoms with E-state index in [0.29, 0.717) is 37.5 Å². The molecule has 1 heterocycles. The molecule has 0 aliphatic carbocycles. The molecular weight excluding hydrogens is 334 g/mol. The molecule has 1 amide bonds. The highest BCUT2D eigenvalue weighted by atomic mass is 16.6. The molecule has 0 saturated carbocycles. The fraction of sp³-hybridized carbons (Fsp3) is 0.316. The minimum Gasteiger partial charge on any atom is -0.496 e. The van der Waals surface area contributed by atoms with Crippen LogP contribution in [0.4, 0.5) is 11.4 Å². The van der Waals surface area contributed by atoms with Crippen LogP contribution in [0, 0.1) is 17.0 Å².